The number of aliphatic carboxylic acids is 1. The number of benzene rings is 1. The molecular weight excluding hydrogens is 344 g/mol. The molecular formula is C17H26N2O5S. The average molecular weight is 370 g/mol. The van der Waals surface area contributed by atoms with E-state index in [0.29, 0.717) is 19.5 Å². The molecule has 0 saturated heterocycles. The Morgan fingerprint density at radius 3 is 2.20 bits per heavy atom. The number of carboxylic acid groups (broad SMARTS) is 1. The molecule has 1 amide bonds. The maximum atomic E-state index is 12.4. The minimum absolute atomic E-state index is 0.121. The summed E-state index contributed by atoms with van der Waals surface area (Å²) in [7, 11) is -3.48. The molecule has 1 atom stereocenters. The van der Waals surface area contributed by atoms with Gasteiger partial charge in [-0.3, -0.25) is 9.59 Å². The van der Waals surface area contributed by atoms with Gasteiger partial charge in [-0.05, 0) is 31.0 Å². The molecule has 2 N–H and O–H groups in total. The number of carboxylic acids is 1. The number of nitrogens with one attached hydrogen (secondary N) is 1. The van der Waals surface area contributed by atoms with E-state index >= 15 is 0 Å². The molecule has 0 heterocycles. The smallest absolute Gasteiger partial charge is 0.305 e. The van der Waals surface area contributed by atoms with E-state index in [-0.39, 0.29) is 23.6 Å². The number of carbonyl (C=O) groups excluding carboxylic acids is 1. The van der Waals surface area contributed by atoms with Gasteiger partial charge >= 0.3 is 5.97 Å². The average Bonchev–Trinajstić information content (AvgIpc) is 2.53. The van der Waals surface area contributed by atoms with Crippen molar-refractivity contribution in [2.24, 2.45) is 0 Å². The summed E-state index contributed by atoms with van der Waals surface area (Å²) < 4.78 is 26.2. The van der Waals surface area contributed by atoms with Gasteiger partial charge in [0, 0.05) is 25.6 Å². The fraction of sp³-hybridized carbons (Fsp3) is 0.529. The Bertz CT molecular complexity index is 681. The Morgan fingerprint density at radius 1 is 1.16 bits per heavy atom. The number of hydrogen-bond donors (Lipinski definition) is 2. The Kier molecular flexibility index (Phi) is 8.05. The van der Waals surface area contributed by atoms with E-state index in [2.05, 4.69) is 5.32 Å². The second-order valence-electron chi connectivity index (χ2n) is 5.80. The minimum atomic E-state index is -3.48. The van der Waals surface area contributed by atoms with E-state index in [1.807, 2.05) is 0 Å². The molecule has 25 heavy (non-hydrogen) atoms. The molecule has 0 radical (unpaired) electrons. The maximum Gasteiger partial charge on any atom is 0.305 e. The van der Waals surface area contributed by atoms with Crippen molar-refractivity contribution in [3.63, 3.8) is 0 Å². The van der Waals surface area contributed by atoms with Crippen LogP contribution in [0.25, 0.3) is 0 Å². The zero-order valence-corrected chi connectivity index (χ0v) is 15.7. The van der Waals surface area contributed by atoms with Crippen LogP contribution in [0, 0.1) is 0 Å². The summed E-state index contributed by atoms with van der Waals surface area (Å²) in [6, 6.07) is 6.07. The van der Waals surface area contributed by atoms with Gasteiger partial charge < -0.3 is 10.4 Å². The van der Waals surface area contributed by atoms with Crippen molar-refractivity contribution < 1.29 is 23.1 Å². The monoisotopic (exact) mass is 370 g/mol. The highest BCUT2D eigenvalue weighted by molar-refractivity contribution is 7.89. The molecule has 1 aromatic rings. The first-order chi connectivity index (χ1) is 11.7. The van der Waals surface area contributed by atoms with Gasteiger partial charge in [-0.15, -0.1) is 0 Å². The molecule has 0 spiro atoms. The number of hydrogen-bond acceptors (Lipinski definition) is 4. The number of rotatable bonds is 10. The molecule has 0 aliphatic carbocycles. The molecule has 1 rings (SSSR count). The van der Waals surface area contributed by atoms with Crippen molar-refractivity contribution in [1.82, 2.24) is 9.62 Å². The normalized spacial score (nSPS) is 12.8. The first-order valence-electron chi connectivity index (χ1n) is 8.30. The van der Waals surface area contributed by atoms with E-state index in [4.69, 9.17) is 5.11 Å². The Labute approximate surface area is 149 Å². The third kappa shape index (κ3) is 6.47. The molecule has 0 bridgehead atoms. The van der Waals surface area contributed by atoms with Gasteiger partial charge in [0.25, 0.3) is 0 Å². The largest absolute Gasteiger partial charge is 0.481 e. The van der Waals surface area contributed by atoms with Gasteiger partial charge in [-0.2, -0.15) is 4.31 Å². The Morgan fingerprint density at radius 2 is 1.72 bits per heavy atom. The van der Waals surface area contributed by atoms with Crippen LogP contribution in [-0.2, 0) is 26.0 Å². The van der Waals surface area contributed by atoms with Crippen molar-refractivity contribution in [1.29, 1.82) is 0 Å². The Balaban J connectivity index is 2.63. The number of nitrogens with zero attached hydrogens (tertiary/aromatic N) is 1. The molecule has 7 nitrogen and oxygen atoms in total. The SMILES string of the molecule is CCN(CC)S(=O)(=O)c1ccc(CCC(=O)NC(C)CC(=O)O)cc1. The third-order valence-corrected chi connectivity index (χ3v) is 5.86. The van der Waals surface area contributed by atoms with Crippen LogP contribution in [-0.4, -0.2) is 48.8 Å². The lowest BCUT2D eigenvalue weighted by Gasteiger charge is -2.18. The molecule has 140 valence electrons. The highest BCUT2D eigenvalue weighted by Gasteiger charge is 2.21. The molecule has 8 heteroatoms. The molecule has 1 aromatic carbocycles. The summed E-state index contributed by atoms with van der Waals surface area (Å²) in [4.78, 5) is 22.6. The molecule has 0 fully saturated rings. The van der Waals surface area contributed by atoms with Gasteiger partial charge in [0.1, 0.15) is 0 Å². The first kappa shape index (κ1) is 21.1. The van der Waals surface area contributed by atoms with Gasteiger partial charge in [0.05, 0.1) is 11.3 Å². The molecule has 0 saturated carbocycles. The maximum absolute atomic E-state index is 12.4. The zero-order chi connectivity index (χ0) is 19.0. The quantitative estimate of drug-likeness (QED) is 0.651. The summed E-state index contributed by atoms with van der Waals surface area (Å²) in [5.74, 6) is -1.19. The zero-order valence-electron chi connectivity index (χ0n) is 14.9. The summed E-state index contributed by atoms with van der Waals surface area (Å²) in [6.45, 7) is 6.04. The van der Waals surface area contributed by atoms with Crippen molar-refractivity contribution in [3.8, 4) is 0 Å². The lowest BCUT2D eigenvalue weighted by atomic mass is 10.1. The van der Waals surface area contributed by atoms with Crippen LogP contribution in [0.1, 0.15) is 39.2 Å². The van der Waals surface area contributed by atoms with Crippen LogP contribution >= 0.6 is 0 Å². The van der Waals surface area contributed by atoms with E-state index in [1.165, 1.54) is 4.31 Å². The number of aryl methyl sites for hydroxylation is 1. The predicted octanol–water partition coefficient (Wildman–Crippen LogP) is 1.63. The first-order valence-corrected chi connectivity index (χ1v) is 9.74. The van der Waals surface area contributed by atoms with Crippen LogP contribution in [0.4, 0.5) is 0 Å². The van der Waals surface area contributed by atoms with E-state index in [9.17, 15) is 18.0 Å². The number of amides is 1. The van der Waals surface area contributed by atoms with Crippen molar-refractivity contribution in [3.05, 3.63) is 29.8 Å². The van der Waals surface area contributed by atoms with Gasteiger partial charge in [0.15, 0.2) is 0 Å². The second-order valence-corrected chi connectivity index (χ2v) is 7.74. The van der Waals surface area contributed by atoms with E-state index in [0.717, 1.165) is 5.56 Å². The van der Waals surface area contributed by atoms with Crippen LogP contribution in [0.2, 0.25) is 0 Å². The van der Waals surface area contributed by atoms with Gasteiger partial charge in [-0.1, -0.05) is 26.0 Å². The van der Waals surface area contributed by atoms with Gasteiger partial charge in [-0.25, -0.2) is 8.42 Å². The van der Waals surface area contributed by atoms with Crippen molar-refractivity contribution in [2.45, 2.75) is 51.0 Å². The van der Waals surface area contributed by atoms with Crippen LogP contribution in [0.3, 0.4) is 0 Å². The van der Waals surface area contributed by atoms with Gasteiger partial charge in [0.2, 0.25) is 15.9 Å². The number of sulfonamides is 1. The Hall–Kier alpha value is -1.93. The fourth-order valence-electron chi connectivity index (χ4n) is 2.46. The van der Waals surface area contributed by atoms with Crippen LogP contribution in [0.15, 0.2) is 29.2 Å². The molecule has 0 aliphatic rings. The van der Waals surface area contributed by atoms with Crippen LogP contribution < -0.4 is 5.32 Å². The molecule has 0 aromatic heterocycles. The minimum Gasteiger partial charge on any atom is -0.481 e. The standard InChI is InChI=1S/C17H26N2O5S/c1-4-19(5-2)25(23,24)15-9-6-14(7-10-15)8-11-16(20)18-13(3)12-17(21)22/h6-7,9-10,13H,4-5,8,11-12H2,1-3H3,(H,18,20)(H,21,22). The van der Waals surface area contributed by atoms with E-state index < -0.39 is 22.0 Å². The highest BCUT2D eigenvalue weighted by Crippen LogP contribution is 2.16. The van der Waals surface area contributed by atoms with Crippen LogP contribution in [0.5, 0.6) is 0 Å². The molecule has 1 unspecified atom stereocenters. The predicted molar refractivity (Wildman–Crippen MR) is 94.7 cm³/mol. The van der Waals surface area contributed by atoms with Crippen molar-refractivity contribution >= 4 is 21.9 Å². The summed E-state index contributed by atoms with van der Waals surface area (Å²) in [6.07, 6.45) is 0.549. The molecule has 0 aliphatic heterocycles. The second kappa shape index (κ2) is 9.53. The summed E-state index contributed by atoms with van der Waals surface area (Å²) >= 11 is 0. The highest BCUT2D eigenvalue weighted by atomic mass is 32.2. The topological polar surface area (TPSA) is 104 Å². The number of carbonyl (C=O) groups is 2. The van der Waals surface area contributed by atoms with Crippen molar-refractivity contribution in [2.75, 3.05) is 13.1 Å². The van der Waals surface area contributed by atoms with E-state index in [1.54, 1.807) is 45.0 Å². The fourth-order valence-corrected chi connectivity index (χ4v) is 3.92. The summed E-state index contributed by atoms with van der Waals surface area (Å²) in [5.41, 5.74) is 0.847. The lowest BCUT2D eigenvalue weighted by Crippen LogP contribution is -2.34. The summed E-state index contributed by atoms with van der Waals surface area (Å²) in [5, 5.41) is 11.3. The lowest BCUT2D eigenvalue weighted by molar-refractivity contribution is -0.137. The third-order valence-electron chi connectivity index (χ3n) is 3.80.